The Hall–Kier alpha value is -0.940. The van der Waals surface area contributed by atoms with E-state index in [0.29, 0.717) is 12.5 Å². The van der Waals surface area contributed by atoms with E-state index in [2.05, 4.69) is 0 Å². The quantitative estimate of drug-likeness (QED) is 0.833. The lowest BCUT2D eigenvalue weighted by molar-refractivity contribution is -0.136. The lowest BCUT2D eigenvalue weighted by Gasteiger charge is -2.47. The lowest BCUT2D eigenvalue weighted by atomic mass is 9.92. The molecule has 2 fully saturated rings. The normalized spacial score (nSPS) is 25.4. The van der Waals surface area contributed by atoms with Gasteiger partial charge in [-0.3, -0.25) is 4.79 Å². The minimum absolute atomic E-state index is 0.164. The zero-order valence-electron chi connectivity index (χ0n) is 10.4. The Bertz CT molecular complexity index is 425. The van der Waals surface area contributed by atoms with E-state index in [9.17, 15) is 4.79 Å². The second-order valence-corrected chi connectivity index (χ2v) is 6.55. The number of hydrogen-bond donors (Lipinski definition) is 0. The van der Waals surface area contributed by atoms with Gasteiger partial charge in [-0.25, -0.2) is 0 Å². The predicted molar refractivity (Wildman–Crippen MR) is 69.6 cm³/mol. The zero-order valence-corrected chi connectivity index (χ0v) is 11.2. The molecule has 2 saturated heterocycles. The molecule has 0 radical (unpaired) electrons. The molecule has 98 valence electrons. The van der Waals surface area contributed by atoms with Crippen molar-refractivity contribution in [1.29, 1.82) is 0 Å². The highest BCUT2D eigenvalue weighted by molar-refractivity contribution is 8.01. The Morgan fingerprint density at radius 2 is 2.50 bits per heavy atom. The Balaban J connectivity index is 1.51. The van der Waals surface area contributed by atoms with Crippen LogP contribution in [0.1, 0.15) is 12.2 Å². The summed E-state index contributed by atoms with van der Waals surface area (Å²) < 4.78 is 10.8. The van der Waals surface area contributed by atoms with Gasteiger partial charge in [-0.05, 0) is 18.6 Å². The van der Waals surface area contributed by atoms with Crippen LogP contribution in [-0.4, -0.2) is 47.6 Å². The largest absolute Gasteiger partial charge is 0.469 e. The Labute approximate surface area is 111 Å². The van der Waals surface area contributed by atoms with Crippen LogP contribution in [0.3, 0.4) is 0 Å². The summed E-state index contributed by atoms with van der Waals surface area (Å²) in [6.07, 6.45) is 3.41. The topological polar surface area (TPSA) is 42.7 Å². The molecule has 5 heteroatoms. The molecular weight excluding hydrogens is 250 g/mol. The summed E-state index contributed by atoms with van der Waals surface area (Å²) in [4.78, 5) is 13.9. The lowest BCUT2D eigenvalue weighted by Crippen LogP contribution is -2.61. The fraction of sp³-hybridized carbons (Fsp3) is 0.615. The van der Waals surface area contributed by atoms with Gasteiger partial charge in [-0.15, -0.1) is 11.8 Å². The smallest absolute Gasteiger partial charge is 0.230 e. The SMILES string of the molecule is CO[C@@H]1CSC2(C1)CN(C(=O)Cc1ccco1)C2. The van der Waals surface area contributed by atoms with E-state index in [4.69, 9.17) is 9.15 Å². The first-order valence-corrected chi connectivity index (χ1v) is 7.16. The molecule has 1 spiro atoms. The number of rotatable bonds is 3. The first-order chi connectivity index (χ1) is 8.71. The average Bonchev–Trinajstić information content (AvgIpc) is 2.94. The van der Waals surface area contributed by atoms with Crippen molar-refractivity contribution in [3.05, 3.63) is 24.2 Å². The number of ether oxygens (including phenoxy) is 1. The van der Waals surface area contributed by atoms with E-state index in [-0.39, 0.29) is 10.7 Å². The molecule has 1 aromatic rings. The number of nitrogens with zero attached hydrogens (tertiary/aromatic N) is 1. The third kappa shape index (κ3) is 2.17. The third-order valence-corrected chi connectivity index (χ3v) is 5.30. The maximum atomic E-state index is 12.0. The van der Waals surface area contributed by atoms with Crippen molar-refractivity contribution in [3.8, 4) is 0 Å². The van der Waals surface area contributed by atoms with Gasteiger partial charge in [0.05, 0.1) is 23.5 Å². The van der Waals surface area contributed by atoms with Crippen LogP contribution in [0.4, 0.5) is 0 Å². The molecule has 2 aliphatic heterocycles. The summed E-state index contributed by atoms with van der Waals surface area (Å²) >= 11 is 1.95. The summed E-state index contributed by atoms with van der Waals surface area (Å²) in [7, 11) is 1.77. The predicted octanol–water partition coefficient (Wildman–Crippen LogP) is 1.55. The fourth-order valence-electron chi connectivity index (χ4n) is 2.67. The van der Waals surface area contributed by atoms with E-state index in [1.165, 1.54) is 0 Å². The van der Waals surface area contributed by atoms with E-state index in [1.54, 1.807) is 13.4 Å². The Morgan fingerprint density at radius 3 is 3.11 bits per heavy atom. The van der Waals surface area contributed by atoms with Crippen molar-refractivity contribution >= 4 is 17.7 Å². The molecule has 0 aromatic carbocycles. The molecule has 1 atom stereocenters. The van der Waals surface area contributed by atoms with Crippen LogP contribution in [0.25, 0.3) is 0 Å². The van der Waals surface area contributed by atoms with Crippen LogP contribution in [0.5, 0.6) is 0 Å². The highest BCUT2D eigenvalue weighted by Crippen LogP contribution is 2.45. The van der Waals surface area contributed by atoms with E-state index in [0.717, 1.165) is 31.0 Å². The Morgan fingerprint density at radius 1 is 1.67 bits per heavy atom. The fourth-order valence-corrected chi connectivity index (χ4v) is 4.27. The molecule has 18 heavy (non-hydrogen) atoms. The van der Waals surface area contributed by atoms with Gasteiger partial charge in [0, 0.05) is 26.0 Å². The molecule has 0 unspecified atom stereocenters. The average molecular weight is 267 g/mol. The van der Waals surface area contributed by atoms with Crippen LogP contribution < -0.4 is 0 Å². The van der Waals surface area contributed by atoms with Gasteiger partial charge < -0.3 is 14.1 Å². The number of amides is 1. The number of carbonyl (C=O) groups excluding carboxylic acids is 1. The molecule has 3 heterocycles. The minimum Gasteiger partial charge on any atom is -0.469 e. The highest BCUT2D eigenvalue weighted by Gasteiger charge is 2.50. The number of likely N-dealkylation sites (tertiary alicyclic amines) is 1. The summed E-state index contributed by atoms with van der Waals surface area (Å²) in [5, 5.41) is 0. The second-order valence-electron chi connectivity index (χ2n) is 5.06. The summed E-state index contributed by atoms with van der Waals surface area (Å²) in [5.41, 5.74) is 0. The van der Waals surface area contributed by atoms with Crippen LogP contribution >= 0.6 is 11.8 Å². The standard InChI is InChI=1S/C13H17NO3S/c1-16-11-6-13(18-7-11)8-14(9-13)12(15)5-10-3-2-4-17-10/h2-4,11H,5-9H2,1H3/t11-/m0/s1. The van der Waals surface area contributed by atoms with Gasteiger partial charge >= 0.3 is 0 Å². The molecule has 0 aliphatic carbocycles. The van der Waals surface area contributed by atoms with Crippen molar-refractivity contribution in [2.75, 3.05) is 26.0 Å². The van der Waals surface area contributed by atoms with Gasteiger partial charge in [0.15, 0.2) is 0 Å². The van der Waals surface area contributed by atoms with Crippen LogP contribution in [0.15, 0.2) is 22.8 Å². The first-order valence-electron chi connectivity index (χ1n) is 6.18. The molecule has 4 nitrogen and oxygen atoms in total. The molecule has 0 saturated carbocycles. The monoisotopic (exact) mass is 267 g/mol. The van der Waals surface area contributed by atoms with Gasteiger partial charge in [-0.2, -0.15) is 0 Å². The van der Waals surface area contributed by atoms with Crippen molar-refractivity contribution in [3.63, 3.8) is 0 Å². The summed E-state index contributed by atoms with van der Waals surface area (Å²) in [6.45, 7) is 1.72. The number of hydrogen-bond acceptors (Lipinski definition) is 4. The summed E-state index contributed by atoms with van der Waals surface area (Å²) in [6, 6.07) is 3.66. The van der Waals surface area contributed by atoms with Crippen molar-refractivity contribution in [2.24, 2.45) is 0 Å². The van der Waals surface area contributed by atoms with Gasteiger partial charge in [-0.1, -0.05) is 0 Å². The molecule has 1 aromatic heterocycles. The Kier molecular flexibility index (Phi) is 3.11. The van der Waals surface area contributed by atoms with Crippen LogP contribution in [0.2, 0.25) is 0 Å². The number of furan rings is 1. The molecular formula is C13H17NO3S. The van der Waals surface area contributed by atoms with Crippen molar-refractivity contribution in [1.82, 2.24) is 4.90 Å². The van der Waals surface area contributed by atoms with Gasteiger partial charge in [0.1, 0.15) is 5.76 Å². The number of methoxy groups -OCH3 is 1. The maximum absolute atomic E-state index is 12.0. The van der Waals surface area contributed by atoms with Gasteiger partial charge in [0.25, 0.3) is 0 Å². The number of carbonyl (C=O) groups is 1. The van der Waals surface area contributed by atoms with Crippen molar-refractivity contribution < 1.29 is 13.9 Å². The third-order valence-electron chi connectivity index (χ3n) is 3.72. The zero-order chi connectivity index (χ0) is 12.6. The molecule has 3 rings (SSSR count). The summed E-state index contributed by atoms with van der Waals surface area (Å²) in [5.74, 6) is 1.96. The van der Waals surface area contributed by atoms with Gasteiger partial charge in [0.2, 0.25) is 5.91 Å². The van der Waals surface area contributed by atoms with Crippen molar-refractivity contribution in [2.45, 2.75) is 23.7 Å². The molecule has 0 N–H and O–H groups in total. The molecule has 0 bridgehead atoms. The van der Waals surface area contributed by atoms with Crippen LogP contribution in [0, 0.1) is 0 Å². The van der Waals surface area contributed by atoms with Crippen LogP contribution in [-0.2, 0) is 16.0 Å². The second kappa shape index (κ2) is 4.63. The maximum Gasteiger partial charge on any atom is 0.230 e. The first kappa shape index (κ1) is 12.1. The minimum atomic E-state index is 0.164. The highest BCUT2D eigenvalue weighted by atomic mass is 32.2. The number of thioether (sulfide) groups is 1. The molecule has 1 amide bonds. The van der Waals surface area contributed by atoms with E-state index >= 15 is 0 Å². The molecule has 2 aliphatic rings. The van der Waals surface area contributed by atoms with E-state index in [1.807, 2.05) is 28.8 Å². The van der Waals surface area contributed by atoms with E-state index < -0.39 is 0 Å².